The molecule has 2 amide bonds. The van der Waals surface area contributed by atoms with Gasteiger partial charge in [-0.05, 0) is 49.1 Å². The molecule has 1 saturated heterocycles. The second-order valence-corrected chi connectivity index (χ2v) is 6.99. The molecule has 0 saturated carbocycles. The molecule has 2 aliphatic rings. The summed E-state index contributed by atoms with van der Waals surface area (Å²) in [6.45, 7) is 2.31. The van der Waals surface area contributed by atoms with Crippen LogP contribution in [0.4, 0.5) is 0 Å². The van der Waals surface area contributed by atoms with Crippen molar-refractivity contribution in [3.8, 4) is 11.5 Å². The summed E-state index contributed by atoms with van der Waals surface area (Å²) in [5.74, 6) is 1.66. The Morgan fingerprint density at radius 3 is 2.82 bits per heavy atom. The standard InChI is InChI=1S/C21H24N2O5/c24-20(6-1-9-22-21(25)18-5-3-11-26-18)23-10-2-4-16(23)15-7-8-17-19(14-15)28-13-12-27-17/h3,5,7-8,11,14,16H,1-2,4,6,9-10,12-13H2,(H,22,25). The first-order valence-electron chi connectivity index (χ1n) is 9.73. The molecule has 7 nitrogen and oxygen atoms in total. The van der Waals surface area contributed by atoms with Gasteiger partial charge in [-0.25, -0.2) is 0 Å². The average molecular weight is 384 g/mol. The van der Waals surface area contributed by atoms with Crippen LogP contribution in [0, 0.1) is 0 Å². The van der Waals surface area contributed by atoms with E-state index in [1.165, 1.54) is 6.26 Å². The predicted molar refractivity (Wildman–Crippen MR) is 101 cm³/mol. The minimum absolute atomic E-state index is 0.0704. The van der Waals surface area contributed by atoms with Crippen LogP contribution in [-0.2, 0) is 4.79 Å². The van der Waals surface area contributed by atoms with Crippen molar-refractivity contribution in [2.24, 2.45) is 0 Å². The van der Waals surface area contributed by atoms with Crippen LogP contribution < -0.4 is 14.8 Å². The number of hydrogen-bond acceptors (Lipinski definition) is 5. The van der Waals surface area contributed by atoms with E-state index in [0.29, 0.717) is 32.6 Å². The van der Waals surface area contributed by atoms with Crippen LogP contribution in [0.15, 0.2) is 41.0 Å². The summed E-state index contributed by atoms with van der Waals surface area (Å²) in [7, 11) is 0. The molecule has 148 valence electrons. The van der Waals surface area contributed by atoms with Crippen molar-refractivity contribution in [3.05, 3.63) is 47.9 Å². The molecule has 4 rings (SSSR count). The monoisotopic (exact) mass is 384 g/mol. The van der Waals surface area contributed by atoms with Crippen LogP contribution in [0.2, 0.25) is 0 Å². The van der Waals surface area contributed by atoms with Crippen molar-refractivity contribution in [3.63, 3.8) is 0 Å². The largest absolute Gasteiger partial charge is 0.486 e. The van der Waals surface area contributed by atoms with Crippen molar-refractivity contribution in [1.82, 2.24) is 10.2 Å². The number of carbonyl (C=O) groups excluding carboxylic acids is 2. The van der Waals surface area contributed by atoms with E-state index in [0.717, 1.165) is 36.4 Å². The maximum absolute atomic E-state index is 12.7. The van der Waals surface area contributed by atoms with Crippen molar-refractivity contribution in [2.75, 3.05) is 26.3 Å². The summed E-state index contributed by atoms with van der Waals surface area (Å²) in [5, 5.41) is 2.77. The highest BCUT2D eigenvalue weighted by molar-refractivity contribution is 5.91. The number of amides is 2. The molecule has 3 heterocycles. The van der Waals surface area contributed by atoms with Gasteiger partial charge in [0, 0.05) is 19.5 Å². The number of benzene rings is 1. The molecule has 1 aromatic heterocycles. The molecule has 1 aromatic carbocycles. The van der Waals surface area contributed by atoms with E-state index in [4.69, 9.17) is 13.9 Å². The summed E-state index contributed by atoms with van der Waals surface area (Å²) in [5.41, 5.74) is 1.08. The van der Waals surface area contributed by atoms with E-state index in [1.54, 1.807) is 12.1 Å². The second kappa shape index (κ2) is 8.37. The Hall–Kier alpha value is -2.96. The molecule has 0 bridgehead atoms. The summed E-state index contributed by atoms with van der Waals surface area (Å²) >= 11 is 0. The summed E-state index contributed by atoms with van der Waals surface area (Å²) in [6.07, 6.45) is 4.39. The number of nitrogens with one attached hydrogen (secondary N) is 1. The van der Waals surface area contributed by atoms with Crippen LogP contribution in [0.25, 0.3) is 0 Å². The third kappa shape index (κ3) is 3.98. The molecular weight excluding hydrogens is 360 g/mol. The molecule has 1 N–H and O–H groups in total. The number of likely N-dealkylation sites (tertiary alicyclic amines) is 1. The van der Waals surface area contributed by atoms with Crippen molar-refractivity contribution < 1.29 is 23.5 Å². The molecule has 28 heavy (non-hydrogen) atoms. The fourth-order valence-corrected chi connectivity index (χ4v) is 3.76. The average Bonchev–Trinajstić information content (AvgIpc) is 3.42. The summed E-state index contributed by atoms with van der Waals surface area (Å²) in [6, 6.07) is 9.30. The van der Waals surface area contributed by atoms with Gasteiger partial charge in [-0.15, -0.1) is 0 Å². The lowest BCUT2D eigenvalue weighted by molar-refractivity contribution is -0.132. The van der Waals surface area contributed by atoms with E-state index in [-0.39, 0.29) is 23.6 Å². The van der Waals surface area contributed by atoms with Gasteiger partial charge in [-0.2, -0.15) is 0 Å². The molecule has 1 fully saturated rings. The molecular formula is C21H24N2O5. The van der Waals surface area contributed by atoms with Gasteiger partial charge in [0.05, 0.1) is 12.3 Å². The topological polar surface area (TPSA) is 81.0 Å². The first-order chi connectivity index (χ1) is 13.7. The molecule has 0 spiro atoms. The minimum atomic E-state index is -0.257. The number of rotatable bonds is 6. The summed E-state index contributed by atoms with van der Waals surface area (Å²) < 4.78 is 16.3. The number of furan rings is 1. The first-order valence-corrected chi connectivity index (χ1v) is 9.73. The van der Waals surface area contributed by atoms with Crippen molar-refractivity contribution in [2.45, 2.75) is 31.7 Å². The Bertz CT molecular complexity index is 833. The molecule has 2 aliphatic heterocycles. The van der Waals surface area contributed by atoms with Gasteiger partial charge >= 0.3 is 0 Å². The van der Waals surface area contributed by atoms with Gasteiger partial charge < -0.3 is 24.1 Å². The Morgan fingerprint density at radius 1 is 1.14 bits per heavy atom. The highest BCUT2D eigenvalue weighted by Crippen LogP contribution is 2.38. The number of ether oxygens (including phenoxy) is 2. The third-order valence-corrected chi connectivity index (χ3v) is 5.12. The molecule has 2 aromatic rings. The molecule has 7 heteroatoms. The number of carbonyl (C=O) groups is 2. The third-order valence-electron chi connectivity index (χ3n) is 5.12. The fraction of sp³-hybridized carbons (Fsp3) is 0.429. The Morgan fingerprint density at radius 2 is 2.00 bits per heavy atom. The zero-order chi connectivity index (χ0) is 19.3. The highest BCUT2D eigenvalue weighted by Gasteiger charge is 2.30. The predicted octanol–water partition coefficient (Wildman–Crippen LogP) is 2.92. The normalized spacial score (nSPS) is 18.1. The Labute approximate surface area is 163 Å². The van der Waals surface area contributed by atoms with E-state index >= 15 is 0 Å². The van der Waals surface area contributed by atoms with Gasteiger partial charge in [0.25, 0.3) is 5.91 Å². The van der Waals surface area contributed by atoms with Crippen LogP contribution in [0.3, 0.4) is 0 Å². The summed E-state index contributed by atoms with van der Waals surface area (Å²) in [4.78, 5) is 26.5. The van der Waals surface area contributed by atoms with E-state index in [2.05, 4.69) is 5.32 Å². The molecule has 1 unspecified atom stereocenters. The number of nitrogens with zero attached hydrogens (tertiary/aromatic N) is 1. The van der Waals surface area contributed by atoms with Gasteiger partial charge in [0.2, 0.25) is 5.91 Å². The van der Waals surface area contributed by atoms with Crippen LogP contribution in [0.1, 0.15) is 47.8 Å². The minimum Gasteiger partial charge on any atom is -0.486 e. The molecule has 1 atom stereocenters. The Balaban J connectivity index is 1.30. The molecule has 0 radical (unpaired) electrons. The van der Waals surface area contributed by atoms with Gasteiger partial charge in [0.1, 0.15) is 13.2 Å². The highest BCUT2D eigenvalue weighted by atomic mass is 16.6. The number of hydrogen-bond donors (Lipinski definition) is 1. The van der Waals surface area contributed by atoms with E-state index in [9.17, 15) is 9.59 Å². The fourth-order valence-electron chi connectivity index (χ4n) is 3.76. The zero-order valence-electron chi connectivity index (χ0n) is 15.7. The lowest BCUT2D eigenvalue weighted by atomic mass is 10.0. The van der Waals surface area contributed by atoms with E-state index < -0.39 is 0 Å². The van der Waals surface area contributed by atoms with Gasteiger partial charge in [0.15, 0.2) is 17.3 Å². The number of fused-ring (bicyclic) bond motifs is 1. The van der Waals surface area contributed by atoms with Crippen LogP contribution in [-0.4, -0.2) is 43.0 Å². The quantitative estimate of drug-likeness (QED) is 0.775. The van der Waals surface area contributed by atoms with Crippen LogP contribution in [0.5, 0.6) is 11.5 Å². The van der Waals surface area contributed by atoms with Crippen molar-refractivity contribution in [1.29, 1.82) is 0 Å². The van der Waals surface area contributed by atoms with Gasteiger partial charge in [-0.1, -0.05) is 6.07 Å². The second-order valence-electron chi connectivity index (χ2n) is 6.99. The first kappa shape index (κ1) is 18.4. The lowest BCUT2D eigenvalue weighted by Gasteiger charge is -2.27. The SMILES string of the molecule is O=C(NCCCC(=O)N1CCCC1c1ccc2c(c1)OCCO2)c1ccco1. The smallest absolute Gasteiger partial charge is 0.286 e. The molecule has 0 aliphatic carbocycles. The maximum atomic E-state index is 12.7. The van der Waals surface area contributed by atoms with Crippen LogP contribution >= 0.6 is 0 Å². The van der Waals surface area contributed by atoms with Crippen molar-refractivity contribution >= 4 is 11.8 Å². The lowest BCUT2D eigenvalue weighted by Crippen LogP contribution is -2.31. The van der Waals surface area contributed by atoms with Gasteiger partial charge in [-0.3, -0.25) is 9.59 Å². The Kier molecular flexibility index (Phi) is 5.50. The zero-order valence-corrected chi connectivity index (χ0v) is 15.7. The maximum Gasteiger partial charge on any atom is 0.286 e. The van der Waals surface area contributed by atoms with E-state index in [1.807, 2.05) is 23.1 Å².